The number of amides is 1. The molecule has 0 saturated heterocycles. The third kappa shape index (κ3) is 3.71. The summed E-state index contributed by atoms with van der Waals surface area (Å²) in [5.74, 6) is 1.11. The molecule has 1 aromatic heterocycles. The van der Waals surface area contributed by atoms with Gasteiger partial charge in [0.25, 0.3) is 0 Å². The zero-order valence-electron chi connectivity index (χ0n) is 14.1. The number of benzene rings is 2. The zero-order valence-corrected chi connectivity index (χ0v) is 14.1. The van der Waals surface area contributed by atoms with Crippen LogP contribution in [0.4, 0.5) is 5.69 Å². The van der Waals surface area contributed by atoms with Crippen LogP contribution in [-0.2, 0) is 11.2 Å². The lowest BCUT2D eigenvalue weighted by Crippen LogP contribution is -2.15. The van der Waals surface area contributed by atoms with Gasteiger partial charge in [0.2, 0.25) is 11.8 Å². The number of oxazole rings is 1. The van der Waals surface area contributed by atoms with Gasteiger partial charge in [0.05, 0.1) is 12.1 Å². The van der Waals surface area contributed by atoms with Gasteiger partial charge in [-0.05, 0) is 56.2 Å². The molecule has 0 aliphatic heterocycles. The van der Waals surface area contributed by atoms with Crippen molar-refractivity contribution in [3.8, 4) is 11.5 Å². The number of aryl methyl sites for hydroxylation is 3. The van der Waals surface area contributed by atoms with Crippen LogP contribution in [0, 0.1) is 20.8 Å². The maximum atomic E-state index is 12.3. The van der Waals surface area contributed by atoms with Crippen LogP contribution < -0.4 is 5.32 Å². The first-order valence-electron chi connectivity index (χ1n) is 7.91. The number of anilines is 1. The molecule has 0 unspecified atom stereocenters. The van der Waals surface area contributed by atoms with Crippen LogP contribution in [0.5, 0.6) is 0 Å². The molecule has 1 heterocycles. The van der Waals surface area contributed by atoms with Crippen molar-refractivity contribution in [2.75, 3.05) is 5.32 Å². The number of hydrogen-bond donors (Lipinski definition) is 1. The predicted octanol–water partition coefficient (Wildman–Crippen LogP) is 4.45. The quantitative estimate of drug-likeness (QED) is 0.773. The molecule has 0 aliphatic rings. The molecule has 122 valence electrons. The monoisotopic (exact) mass is 320 g/mol. The van der Waals surface area contributed by atoms with Crippen molar-refractivity contribution in [2.24, 2.45) is 0 Å². The van der Waals surface area contributed by atoms with Crippen molar-refractivity contribution in [1.82, 2.24) is 4.98 Å². The van der Waals surface area contributed by atoms with Crippen molar-refractivity contribution in [1.29, 1.82) is 0 Å². The van der Waals surface area contributed by atoms with E-state index >= 15 is 0 Å². The van der Waals surface area contributed by atoms with Gasteiger partial charge in [-0.2, -0.15) is 0 Å². The third-order valence-corrected chi connectivity index (χ3v) is 3.75. The van der Waals surface area contributed by atoms with Crippen LogP contribution in [0.1, 0.15) is 22.6 Å². The van der Waals surface area contributed by atoms with Crippen LogP contribution in [0.2, 0.25) is 0 Å². The van der Waals surface area contributed by atoms with Gasteiger partial charge in [-0.25, -0.2) is 4.98 Å². The Labute approximate surface area is 141 Å². The van der Waals surface area contributed by atoms with E-state index < -0.39 is 0 Å². The molecule has 1 N–H and O–H groups in total. The molecule has 4 nitrogen and oxygen atoms in total. The summed E-state index contributed by atoms with van der Waals surface area (Å²) in [6, 6.07) is 15.7. The second-order valence-corrected chi connectivity index (χ2v) is 5.99. The Hall–Kier alpha value is -2.88. The van der Waals surface area contributed by atoms with Crippen LogP contribution >= 0.6 is 0 Å². The largest absolute Gasteiger partial charge is 0.441 e. The van der Waals surface area contributed by atoms with Crippen molar-refractivity contribution in [3.63, 3.8) is 0 Å². The molecule has 0 bridgehead atoms. The Kier molecular flexibility index (Phi) is 4.47. The van der Waals surface area contributed by atoms with Crippen LogP contribution in [0.15, 0.2) is 52.9 Å². The van der Waals surface area contributed by atoms with Gasteiger partial charge in [0.15, 0.2) is 0 Å². The van der Waals surface area contributed by atoms with Gasteiger partial charge in [-0.3, -0.25) is 4.79 Å². The summed E-state index contributed by atoms with van der Waals surface area (Å²) in [6.45, 7) is 5.85. The highest BCUT2D eigenvalue weighted by molar-refractivity contribution is 5.92. The Morgan fingerprint density at radius 1 is 1.04 bits per heavy atom. The molecule has 3 aromatic rings. The molecule has 24 heavy (non-hydrogen) atoms. The third-order valence-electron chi connectivity index (χ3n) is 3.75. The van der Waals surface area contributed by atoms with Gasteiger partial charge in [-0.15, -0.1) is 0 Å². The van der Waals surface area contributed by atoms with E-state index in [2.05, 4.69) is 16.4 Å². The first-order valence-corrected chi connectivity index (χ1v) is 7.91. The Morgan fingerprint density at radius 2 is 1.71 bits per heavy atom. The predicted molar refractivity (Wildman–Crippen MR) is 94.9 cm³/mol. The minimum atomic E-state index is -0.101. The number of carbonyl (C=O) groups is 1. The molecule has 3 rings (SSSR count). The lowest BCUT2D eigenvalue weighted by atomic mass is 10.1. The average molecular weight is 320 g/mol. The summed E-state index contributed by atoms with van der Waals surface area (Å²) in [5, 5.41) is 2.93. The Bertz CT molecular complexity index is 846. The highest BCUT2D eigenvalue weighted by Crippen LogP contribution is 2.22. The van der Waals surface area contributed by atoms with E-state index in [0.717, 1.165) is 22.4 Å². The Balaban J connectivity index is 1.74. The minimum Gasteiger partial charge on any atom is -0.441 e. The molecule has 2 aromatic carbocycles. The molecule has 4 heteroatoms. The normalized spacial score (nSPS) is 10.6. The molecular formula is C20H20N2O2. The summed E-state index contributed by atoms with van der Waals surface area (Å²) < 4.78 is 5.70. The fraction of sp³-hybridized carbons (Fsp3) is 0.200. The fourth-order valence-electron chi connectivity index (χ4n) is 2.70. The second kappa shape index (κ2) is 6.71. The minimum absolute atomic E-state index is 0.101. The number of carbonyl (C=O) groups excluding carboxylic acids is 1. The van der Waals surface area contributed by atoms with Crippen molar-refractivity contribution < 1.29 is 9.21 Å². The van der Waals surface area contributed by atoms with E-state index in [0.29, 0.717) is 17.3 Å². The standard InChI is InChI=1S/C20H20N2O2/c1-13-9-14(2)11-17(10-13)21-19(23)12-18-15(3)24-20(22-18)16-7-5-4-6-8-16/h4-11H,12H2,1-3H3,(H,21,23). The first-order chi connectivity index (χ1) is 11.5. The maximum Gasteiger partial charge on any atom is 0.230 e. The van der Waals surface area contributed by atoms with Gasteiger partial charge in [-0.1, -0.05) is 24.3 Å². The molecule has 0 radical (unpaired) electrons. The van der Waals surface area contributed by atoms with Crippen molar-refractivity contribution in [2.45, 2.75) is 27.2 Å². The Morgan fingerprint density at radius 3 is 2.38 bits per heavy atom. The number of nitrogens with one attached hydrogen (secondary N) is 1. The average Bonchev–Trinajstić information content (AvgIpc) is 2.88. The lowest BCUT2D eigenvalue weighted by molar-refractivity contribution is -0.115. The van der Waals surface area contributed by atoms with E-state index in [1.54, 1.807) is 0 Å². The molecular weight excluding hydrogens is 300 g/mol. The lowest BCUT2D eigenvalue weighted by Gasteiger charge is -2.06. The molecule has 0 fully saturated rings. The van der Waals surface area contributed by atoms with Crippen LogP contribution in [-0.4, -0.2) is 10.9 Å². The van der Waals surface area contributed by atoms with E-state index in [1.807, 2.05) is 63.2 Å². The van der Waals surface area contributed by atoms with E-state index in [1.165, 1.54) is 0 Å². The van der Waals surface area contributed by atoms with E-state index in [9.17, 15) is 4.79 Å². The molecule has 1 amide bonds. The summed E-state index contributed by atoms with van der Waals surface area (Å²) >= 11 is 0. The fourth-order valence-corrected chi connectivity index (χ4v) is 2.70. The van der Waals surface area contributed by atoms with E-state index in [-0.39, 0.29) is 12.3 Å². The SMILES string of the molecule is Cc1cc(C)cc(NC(=O)Cc2nc(-c3ccccc3)oc2C)c1. The van der Waals surface area contributed by atoms with Crippen LogP contribution in [0.25, 0.3) is 11.5 Å². The number of aromatic nitrogens is 1. The summed E-state index contributed by atoms with van der Waals surface area (Å²) in [6.07, 6.45) is 0.190. The highest BCUT2D eigenvalue weighted by Gasteiger charge is 2.14. The number of hydrogen-bond acceptors (Lipinski definition) is 3. The van der Waals surface area contributed by atoms with Crippen LogP contribution in [0.3, 0.4) is 0 Å². The summed E-state index contributed by atoms with van der Waals surface area (Å²) in [7, 11) is 0. The van der Waals surface area contributed by atoms with Crippen molar-refractivity contribution >= 4 is 11.6 Å². The van der Waals surface area contributed by atoms with E-state index in [4.69, 9.17) is 4.42 Å². The number of rotatable bonds is 4. The van der Waals surface area contributed by atoms with Gasteiger partial charge < -0.3 is 9.73 Å². The molecule has 0 spiro atoms. The molecule has 0 atom stereocenters. The topological polar surface area (TPSA) is 55.1 Å². The van der Waals surface area contributed by atoms with Gasteiger partial charge in [0.1, 0.15) is 5.76 Å². The maximum absolute atomic E-state index is 12.3. The smallest absolute Gasteiger partial charge is 0.230 e. The van der Waals surface area contributed by atoms with Gasteiger partial charge >= 0.3 is 0 Å². The highest BCUT2D eigenvalue weighted by atomic mass is 16.4. The summed E-state index contributed by atoms with van der Waals surface area (Å²) in [4.78, 5) is 16.8. The first kappa shape index (κ1) is 16.0. The van der Waals surface area contributed by atoms with Crippen molar-refractivity contribution in [3.05, 3.63) is 71.1 Å². The molecule has 0 saturated carbocycles. The van der Waals surface area contributed by atoms with Gasteiger partial charge in [0, 0.05) is 11.3 Å². The zero-order chi connectivity index (χ0) is 17.1. The number of nitrogens with zero attached hydrogens (tertiary/aromatic N) is 1. The summed E-state index contributed by atoms with van der Waals surface area (Å²) in [5.41, 5.74) is 4.61. The molecule has 0 aliphatic carbocycles. The second-order valence-electron chi connectivity index (χ2n) is 5.99.